The Kier molecular flexibility index (Phi) is 3.72. The van der Waals surface area contributed by atoms with Crippen LogP contribution in [0.5, 0.6) is 5.75 Å². The summed E-state index contributed by atoms with van der Waals surface area (Å²) in [6, 6.07) is 7.38. The van der Waals surface area contributed by atoms with Crippen LogP contribution in [-0.4, -0.2) is 11.3 Å². The fourth-order valence-electron chi connectivity index (χ4n) is 1.59. The summed E-state index contributed by atoms with van der Waals surface area (Å²) in [6.07, 6.45) is 1.73. The number of nitrogen functional groups attached to an aromatic ring is 1. The minimum Gasteiger partial charge on any atom is -0.491 e. The van der Waals surface area contributed by atoms with Gasteiger partial charge < -0.3 is 20.3 Å². The number of benzene rings is 1. The van der Waals surface area contributed by atoms with Gasteiger partial charge in [-0.05, 0) is 19.9 Å². The van der Waals surface area contributed by atoms with Crippen molar-refractivity contribution in [2.75, 3.05) is 11.1 Å². The Bertz CT molecular complexity index is 495. The molecule has 1 aromatic carbocycles. The first kappa shape index (κ1) is 12.3. The standard InChI is InChI=1S/C13H17N3O2/c1-9(2)17-13-6-10(14)5-11(7-13)15-8-12-3-4-16-18-12/h3-7,9,15H,8,14H2,1-2H3. The summed E-state index contributed by atoms with van der Waals surface area (Å²) in [5, 5.41) is 6.85. The van der Waals surface area contributed by atoms with Gasteiger partial charge in [-0.25, -0.2) is 0 Å². The number of anilines is 2. The van der Waals surface area contributed by atoms with E-state index in [2.05, 4.69) is 10.5 Å². The van der Waals surface area contributed by atoms with Gasteiger partial charge in [-0.15, -0.1) is 0 Å². The lowest BCUT2D eigenvalue weighted by atomic mass is 10.2. The number of nitrogens with zero attached hydrogens (tertiary/aromatic N) is 1. The van der Waals surface area contributed by atoms with Crippen LogP contribution in [-0.2, 0) is 6.54 Å². The van der Waals surface area contributed by atoms with Gasteiger partial charge in [0.15, 0.2) is 5.76 Å². The zero-order valence-electron chi connectivity index (χ0n) is 10.5. The summed E-state index contributed by atoms with van der Waals surface area (Å²) < 4.78 is 10.6. The molecule has 1 heterocycles. The van der Waals surface area contributed by atoms with Crippen LogP contribution in [0.1, 0.15) is 19.6 Å². The van der Waals surface area contributed by atoms with E-state index >= 15 is 0 Å². The van der Waals surface area contributed by atoms with Crippen LogP contribution in [0.3, 0.4) is 0 Å². The predicted molar refractivity (Wildman–Crippen MR) is 70.4 cm³/mol. The van der Waals surface area contributed by atoms with Gasteiger partial charge in [0.05, 0.1) is 18.8 Å². The lowest BCUT2D eigenvalue weighted by Gasteiger charge is -2.12. The highest BCUT2D eigenvalue weighted by Gasteiger charge is 2.03. The lowest BCUT2D eigenvalue weighted by Crippen LogP contribution is -2.07. The molecule has 0 aliphatic carbocycles. The molecule has 5 heteroatoms. The molecule has 0 atom stereocenters. The minimum atomic E-state index is 0.119. The van der Waals surface area contributed by atoms with Crippen LogP contribution in [0.2, 0.25) is 0 Å². The molecule has 3 N–H and O–H groups in total. The highest BCUT2D eigenvalue weighted by atomic mass is 16.5. The summed E-state index contributed by atoms with van der Waals surface area (Å²) in [5.74, 6) is 1.52. The Morgan fingerprint density at radius 2 is 2.22 bits per heavy atom. The van der Waals surface area contributed by atoms with Crippen molar-refractivity contribution in [1.29, 1.82) is 0 Å². The maximum atomic E-state index is 5.83. The van der Waals surface area contributed by atoms with Gasteiger partial charge >= 0.3 is 0 Å². The number of ether oxygens (including phenoxy) is 1. The molecule has 0 aliphatic heterocycles. The third-order valence-electron chi connectivity index (χ3n) is 2.26. The van der Waals surface area contributed by atoms with Crippen molar-refractivity contribution in [3.05, 3.63) is 36.2 Å². The fraction of sp³-hybridized carbons (Fsp3) is 0.308. The normalized spacial score (nSPS) is 10.6. The molecule has 5 nitrogen and oxygen atoms in total. The second-order valence-electron chi connectivity index (χ2n) is 4.29. The van der Waals surface area contributed by atoms with E-state index in [1.807, 2.05) is 32.0 Å². The summed E-state index contributed by atoms with van der Waals surface area (Å²) in [7, 11) is 0. The third kappa shape index (κ3) is 3.41. The van der Waals surface area contributed by atoms with Gasteiger partial charge in [-0.3, -0.25) is 0 Å². The van der Waals surface area contributed by atoms with E-state index in [1.165, 1.54) is 0 Å². The van der Waals surface area contributed by atoms with E-state index in [0.717, 1.165) is 17.2 Å². The smallest absolute Gasteiger partial charge is 0.155 e. The molecule has 0 saturated carbocycles. The topological polar surface area (TPSA) is 73.3 Å². The highest BCUT2D eigenvalue weighted by Crippen LogP contribution is 2.23. The van der Waals surface area contributed by atoms with Gasteiger partial charge in [0, 0.05) is 29.6 Å². The zero-order valence-corrected chi connectivity index (χ0v) is 10.5. The van der Waals surface area contributed by atoms with E-state index in [0.29, 0.717) is 12.2 Å². The first-order valence-electron chi connectivity index (χ1n) is 5.84. The lowest BCUT2D eigenvalue weighted by molar-refractivity contribution is 0.242. The van der Waals surface area contributed by atoms with E-state index < -0.39 is 0 Å². The molecule has 0 aliphatic rings. The summed E-state index contributed by atoms with van der Waals surface area (Å²) in [5.41, 5.74) is 7.38. The number of rotatable bonds is 5. The maximum Gasteiger partial charge on any atom is 0.155 e. The van der Waals surface area contributed by atoms with Crippen molar-refractivity contribution in [2.45, 2.75) is 26.5 Å². The number of hydrogen-bond acceptors (Lipinski definition) is 5. The Morgan fingerprint density at radius 1 is 1.39 bits per heavy atom. The molecule has 0 spiro atoms. The quantitative estimate of drug-likeness (QED) is 0.794. The zero-order chi connectivity index (χ0) is 13.0. The maximum absolute atomic E-state index is 5.83. The molecule has 0 radical (unpaired) electrons. The largest absolute Gasteiger partial charge is 0.491 e. The van der Waals surface area contributed by atoms with Gasteiger partial charge in [0.1, 0.15) is 5.75 Å². The van der Waals surface area contributed by atoms with E-state index in [1.54, 1.807) is 12.3 Å². The summed E-state index contributed by atoms with van der Waals surface area (Å²) in [6.45, 7) is 4.51. The molecular formula is C13H17N3O2. The Labute approximate surface area is 106 Å². The number of hydrogen-bond donors (Lipinski definition) is 2. The molecule has 1 aromatic heterocycles. The average Bonchev–Trinajstić information content (AvgIpc) is 2.77. The van der Waals surface area contributed by atoms with Gasteiger partial charge in [-0.2, -0.15) is 0 Å². The Hall–Kier alpha value is -2.17. The first-order valence-corrected chi connectivity index (χ1v) is 5.84. The fourth-order valence-corrected chi connectivity index (χ4v) is 1.59. The van der Waals surface area contributed by atoms with E-state index in [-0.39, 0.29) is 6.10 Å². The van der Waals surface area contributed by atoms with Crippen LogP contribution in [0.15, 0.2) is 35.0 Å². The van der Waals surface area contributed by atoms with Gasteiger partial charge in [0.25, 0.3) is 0 Å². The monoisotopic (exact) mass is 247 g/mol. The van der Waals surface area contributed by atoms with Crippen molar-refractivity contribution in [3.63, 3.8) is 0 Å². The molecule has 96 valence electrons. The molecule has 0 unspecified atom stereocenters. The average molecular weight is 247 g/mol. The van der Waals surface area contributed by atoms with Crippen LogP contribution in [0.4, 0.5) is 11.4 Å². The number of nitrogens with two attached hydrogens (primary N) is 1. The molecule has 2 aromatic rings. The Morgan fingerprint density at radius 3 is 2.89 bits per heavy atom. The first-order chi connectivity index (χ1) is 8.63. The van der Waals surface area contributed by atoms with Crippen LogP contribution >= 0.6 is 0 Å². The van der Waals surface area contributed by atoms with Crippen LogP contribution in [0, 0.1) is 0 Å². The molecule has 0 amide bonds. The minimum absolute atomic E-state index is 0.119. The molecule has 0 fully saturated rings. The van der Waals surface area contributed by atoms with Gasteiger partial charge in [0.2, 0.25) is 0 Å². The van der Waals surface area contributed by atoms with E-state index in [9.17, 15) is 0 Å². The molecule has 0 saturated heterocycles. The van der Waals surface area contributed by atoms with Crippen molar-refractivity contribution in [3.8, 4) is 5.75 Å². The number of aromatic nitrogens is 1. The highest BCUT2D eigenvalue weighted by molar-refractivity contribution is 5.59. The number of nitrogens with one attached hydrogen (secondary N) is 1. The van der Waals surface area contributed by atoms with Crippen molar-refractivity contribution >= 4 is 11.4 Å². The molecular weight excluding hydrogens is 230 g/mol. The predicted octanol–water partition coefficient (Wildman–Crippen LogP) is 2.66. The second kappa shape index (κ2) is 5.44. The molecule has 18 heavy (non-hydrogen) atoms. The summed E-state index contributed by atoms with van der Waals surface area (Å²) in [4.78, 5) is 0. The van der Waals surface area contributed by atoms with Crippen molar-refractivity contribution in [1.82, 2.24) is 5.16 Å². The van der Waals surface area contributed by atoms with Gasteiger partial charge in [-0.1, -0.05) is 5.16 Å². The van der Waals surface area contributed by atoms with E-state index in [4.69, 9.17) is 15.0 Å². The van der Waals surface area contributed by atoms with Crippen LogP contribution < -0.4 is 15.8 Å². The van der Waals surface area contributed by atoms with Crippen LogP contribution in [0.25, 0.3) is 0 Å². The summed E-state index contributed by atoms with van der Waals surface area (Å²) >= 11 is 0. The molecule has 2 rings (SSSR count). The van der Waals surface area contributed by atoms with Crippen molar-refractivity contribution in [2.24, 2.45) is 0 Å². The van der Waals surface area contributed by atoms with Crippen molar-refractivity contribution < 1.29 is 9.26 Å². The SMILES string of the molecule is CC(C)Oc1cc(N)cc(NCc2ccno2)c1. The second-order valence-corrected chi connectivity index (χ2v) is 4.29. The Balaban J connectivity index is 2.05. The third-order valence-corrected chi connectivity index (χ3v) is 2.26. The molecule has 0 bridgehead atoms.